The number of imide groups is 1. The van der Waals surface area contributed by atoms with Crippen LogP contribution in [0, 0.1) is 5.82 Å². The van der Waals surface area contributed by atoms with Crippen molar-refractivity contribution < 1.29 is 18.8 Å². The molecule has 1 aliphatic carbocycles. The molecule has 0 unspecified atom stereocenters. The van der Waals surface area contributed by atoms with Crippen molar-refractivity contribution >= 4 is 35.0 Å². The van der Waals surface area contributed by atoms with Gasteiger partial charge in [-0.2, -0.15) is 0 Å². The van der Waals surface area contributed by atoms with Gasteiger partial charge in [-0.25, -0.2) is 4.39 Å². The number of amides is 3. The van der Waals surface area contributed by atoms with Crippen molar-refractivity contribution in [2.45, 2.75) is 44.7 Å². The zero-order valence-corrected chi connectivity index (χ0v) is 18.1. The van der Waals surface area contributed by atoms with E-state index < -0.39 is 17.6 Å². The average Bonchev–Trinajstić information content (AvgIpc) is 3.02. The van der Waals surface area contributed by atoms with Gasteiger partial charge in [0.15, 0.2) is 0 Å². The maximum atomic E-state index is 13.7. The first-order valence-corrected chi connectivity index (χ1v) is 11.0. The molecular formula is C24H23ClFN3O3. The second-order valence-corrected chi connectivity index (χ2v) is 8.32. The number of anilines is 1. The van der Waals surface area contributed by atoms with E-state index in [4.69, 9.17) is 11.6 Å². The monoisotopic (exact) mass is 455 g/mol. The van der Waals surface area contributed by atoms with Crippen LogP contribution in [0.3, 0.4) is 0 Å². The smallest absolute Gasteiger partial charge is 0.278 e. The molecule has 0 saturated heterocycles. The summed E-state index contributed by atoms with van der Waals surface area (Å²) in [5.41, 5.74) is 1.38. The number of benzene rings is 2. The minimum atomic E-state index is -0.509. The summed E-state index contributed by atoms with van der Waals surface area (Å²) in [6, 6.07) is 12.5. The summed E-state index contributed by atoms with van der Waals surface area (Å²) in [6.45, 7) is 0.262. The number of hydrogen-bond acceptors (Lipinski definition) is 4. The maximum Gasteiger partial charge on any atom is 0.278 e. The van der Waals surface area contributed by atoms with E-state index in [2.05, 4.69) is 10.6 Å². The molecule has 3 amide bonds. The van der Waals surface area contributed by atoms with E-state index in [0.717, 1.165) is 37.7 Å². The third-order valence-corrected chi connectivity index (χ3v) is 6.16. The lowest BCUT2D eigenvalue weighted by Crippen LogP contribution is -2.43. The molecule has 4 rings (SSSR count). The number of hydrogen-bond donors (Lipinski definition) is 2. The van der Waals surface area contributed by atoms with Crippen molar-refractivity contribution in [2.75, 3.05) is 5.32 Å². The summed E-state index contributed by atoms with van der Waals surface area (Å²) in [7, 11) is 0. The van der Waals surface area contributed by atoms with Crippen LogP contribution in [0.1, 0.15) is 48.0 Å². The molecule has 1 fully saturated rings. The van der Waals surface area contributed by atoms with Gasteiger partial charge < -0.3 is 10.6 Å². The molecule has 6 nitrogen and oxygen atoms in total. The second-order valence-electron chi connectivity index (χ2n) is 7.95. The Morgan fingerprint density at radius 3 is 2.38 bits per heavy atom. The molecule has 0 bridgehead atoms. The zero-order chi connectivity index (χ0) is 22.7. The van der Waals surface area contributed by atoms with Gasteiger partial charge in [0.1, 0.15) is 16.5 Å². The number of nitrogens with one attached hydrogen (secondary N) is 2. The predicted molar refractivity (Wildman–Crippen MR) is 119 cm³/mol. The third-order valence-electron chi connectivity index (χ3n) is 5.81. The zero-order valence-electron chi connectivity index (χ0n) is 17.4. The van der Waals surface area contributed by atoms with Gasteiger partial charge >= 0.3 is 0 Å². The largest absolute Gasteiger partial charge is 0.375 e. The molecule has 1 heterocycles. The molecule has 2 aliphatic rings. The van der Waals surface area contributed by atoms with E-state index in [9.17, 15) is 18.8 Å². The van der Waals surface area contributed by atoms with E-state index >= 15 is 0 Å². The van der Waals surface area contributed by atoms with E-state index in [1.807, 2.05) is 0 Å². The Balaban J connectivity index is 1.37. The number of rotatable bonds is 6. The van der Waals surface area contributed by atoms with Crippen LogP contribution >= 0.6 is 11.6 Å². The van der Waals surface area contributed by atoms with Crippen molar-refractivity contribution in [3.8, 4) is 0 Å². The number of para-hydroxylation sites is 1. The Labute approximate surface area is 190 Å². The fourth-order valence-electron chi connectivity index (χ4n) is 4.06. The van der Waals surface area contributed by atoms with Crippen LogP contribution in [0.2, 0.25) is 0 Å². The van der Waals surface area contributed by atoms with Crippen molar-refractivity contribution in [3.63, 3.8) is 0 Å². The van der Waals surface area contributed by atoms with Gasteiger partial charge in [0, 0.05) is 18.2 Å². The predicted octanol–water partition coefficient (Wildman–Crippen LogP) is 4.32. The molecular weight excluding hydrogens is 433 g/mol. The van der Waals surface area contributed by atoms with E-state index in [1.54, 1.807) is 36.4 Å². The minimum Gasteiger partial charge on any atom is -0.375 e. The van der Waals surface area contributed by atoms with Crippen LogP contribution in [-0.4, -0.2) is 28.7 Å². The van der Waals surface area contributed by atoms with Crippen molar-refractivity contribution in [1.29, 1.82) is 0 Å². The van der Waals surface area contributed by atoms with Crippen LogP contribution in [0.25, 0.3) is 0 Å². The molecule has 166 valence electrons. The lowest BCUT2D eigenvalue weighted by atomic mass is 9.94. The van der Waals surface area contributed by atoms with E-state index in [1.165, 1.54) is 17.0 Å². The topological polar surface area (TPSA) is 78.5 Å². The third kappa shape index (κ3) is 4.53. The first-order chi connectivity index (χ1) is 15.5. The first-order valence-electron chi connectivity index (χ1n) is 10.6. The van der Waals surface area contributed by atoms with Gasteiger partial charge in [-0.3, -0.25) is 19.3 Å². The van der Waals surface area contributed by atoms with E-state index in [-0.39, 0.29) is 34.9 Å². The molecule has 0 atom stereocenters. The van der Waals surface area contributed by atoms with Crippen molar-refractivity contribution in [1.82, 2.24) is 10.2 Å². The van der Waals surface area contributed by atoms with Gasteiger partial charge in [-0.15, -0.1) is 0 Å². The molecule has 2 aromatic rings. The highest BCUT2D eigenvalue weighted by molar-refractivity contribution is 6.47. The SMILES string of the molecule is O=C(Nc1ccccc1F)c1ccc(CNC2=C(Cl)C(=O)N(C3CCCCC3)C2=O)cc1. The van der Waals surface area contributed by atoms with E-state index in [0.29, 0.717) is 5.56 Å². The van der Waals surface area contributed by atoms with Crippen molar-refractivity contribution in [3.05, 3.63) is 76.2 Å². The molecule has 1 saturated carbocycles. The number of nitrogens with zero attached hydrogens (tertiary/aromatic N) is 1. The summed E-state index contributed by atoms with van der Waals surface area (Å²) in [6.07, 6.45) is 4.74. The molecule has 2 N–H and O–H groups in total. The lowest BCUT2D eigenvalue weighted by Gasteiger charge is -2.29. The Bertz CT molecular complexity index is 1080. The Hall–Kier alpha value is -3.19. The summed E-state index contributed by atoms with van der Waals surface area (Å²) in [4.78, 5) is 39.0. The fraction of sp³-hybridized carbons (Fsp3) is 0.292. The molecule has 0 aromatic heterocycles. The van der Waals surface area contributed by atoms with Crippen LogP contribution < -0.4 is 10.6 Å². The van der Waals surface area contributed by atoms with Crippen molar-refractivity contribution in [2.24, 2.45) is 0 Å². The summed E-state index contributed by atoms with van der Waals surface area (Å²) < 4.78 is 13.7. The van der Waals surface area contributed by atoms with Crippen LogP contribution in [-0.2, 0) is 16.1 Å². The van der Waals surface area contributed by atoms with Gasteiger partial charge in [-0.05, 0) is 42.7 Å². The summed E-state index contributed by atoms with van der Waals surface area (Å²) in [5, 5.41) is 5.43. The molecule has 0 radical (unpaired) electrons. The highest BCUT2D eigenvalue weighted by atomic mass is 35.5. The fourth-order valence-corrected chi connectivity index (χ4v) is 4.30. The maximum absolute atomic E-state index is 13.7. The molecule has 2 aromatic carbocycles. The Kier molecular flexibility index (Phi) is 6.55. The molecule has 8 heteroatoms. The number of carbonyl (C=O) groups excluding carboxylic acids is 3. The highest BCUT2D eigenvalue weighted by Gasteiger charge is 2.41. The first kappa shape index (κ1) is 22.0. The summed E-state index contributed by atoms with van der Waals surface area (Å²) >= 11 is 6.18. The minimum absolute atomic E-state index is 0.0820. The molecule has 32 heavy (non-hydrogen) atoms. The van der Waals surface area contributed by atoms with Crippen LogP contribution in [0.4, 0.5) is 10.1 Å². The molecule has 0 spiro atoms. The van der Waals surface area contributed by atoms with Gasteiger partial charge in [-0.1, -0.05) is 55.1 Å². The molecule has 1 aliphatic heterocycles. The summed E-state index contributed by atoms with van der Waals surface area (Å²) in [5.74, 6) is -1.76. The standard InChI is InChI=1S/C24H23ClFN3O3/c25-20-21(24(32)29(23(20)31)17-6-2-1-3-7-17)27-14-15-10-12-16(13-11-15)22(30)28-19-9-5-4-8-18(19)26/h4-5,8-13,17,27H,1-3,6-7,14H2,(H,28,30). The Morgan fingerprint density at radius 1 is 1.00 bits per heavy atom. The normalized spacial score (nSPS) is 17.1. The second kappa shape index (κ2) is 9.53. The van der Waals surface area contributed by atoms with Gasteiger partial charge in [0.05, 0.1) is 5.69 Å². The van der Waals surface area contributed by atoms with Crippen LogP contribution in [0.15, 0.2) is 59.3 Å². The Morgan fingerprint density at radius 2 is 1.69 bits per heavy atom. The highest BCUT2D eigenvalue weighted by Crippen LogP contribution is 2.30. The van der Waals surface area contributed by atoms with Crippen LogP contribution in [0.5, 0.6) is 0 Å². The number of carbonyl (C=O) groups is 3. The van der Waals surface area contributed by atoms with Gasteiger partial charge in [0.2, 0.25) is 0 Å². The average molecular weight is 456 g/mol. The lowest BCUT2D eigenvalue weighted by molar-refractivity contribution is -0.140. The van der Waals surface area contributed by atoms with Gasteiger partial charge in [0.25, 0.3) is 17.7 Å². The number of halogens is 2. The quantitative estimate of drug-likeness (QED) is 0.636.